The van der Waals surface area contributed by atoms with Crippen LogP contribution in [0.4, 0.5) is 0 Å². The van der Waals surface area contributed by atoms with Crippen molar-refractivity contribution in [3.63, 3.8) is 0 Å². The SMILES string of the molecule is Cc1cccc(-n2nc(-c3cccs3)cc2C(=O)NCCN2CCOCC2)c1. The summed E-state index contributed by atoms with van der Waals surface area (Å²) in [5, 5.41) is 9.79. The number of aryl methyl sites for hydroxylation is 1. The molecule has 1 aromatic carbocycles. The van der Waals surface area contributed by atoms with Crippen LogP contribution >= 0.6 is 11.3 Å². The van der Waals surface area contributed by atoms with Crippen LogP contribution in [0.5, 0.6) is 0 Å². The first-order valence-electron chi connectivity index (χ1n) is 9.50. The Kier molecular flexibility index (Phi) is 5.85. The summed E-state index contributed by atoms with van der Waals surface area (Å²) in [6, 6.07) is 13.9. The van der Waals surface area contributed by atoms with E-state index in [0.717, 1.165) is 54.7 Å². The molecule has 3 heterocycles. The molecule has 1 saturated heterocycles. The Balaban J connectivity index is 1.54. The molecule has 1 amide bonds. The predicted molar refractivity (Wildman–Crippen MR) is 111 cm³/mol. The summed E-state index contributed by atoms with van der Waals surface area (Å²) < 4.78 is 7.11. The minimum Gasteiger partial charge on any atom is -0.379 e. The number of morpholine rings is 1. The van der Waals surface area contributed by atoms with Crippen molar-refractivity contribution in [2.24, 2.45) is 0 Å². The molecule has 146 valence electrons. The summed E-state index contributed by atoms with van der Waals surface area (Å²) in [6.45, 7) is 6.82. The van der Waals surface area contributed by atoms with Crippen molar-refractivity contribution < 1.29 is 9.53 Å². The summed E-state index contributed by atoms with van der Waals surface area (Å²) >= 11 is 1.62. The van der Waals surface area contributed by atoms with Gasteiger partial charge in [-0.25, -0.2) is 4.68 Å². The molecule has 0 atom stereocenters. The highest BCUT2D eigenvalue weighted by Crippen LogP contribution is 2.26. The van der Waals surface area contributed by atoms with Gasteiger partial charge in [-0.15, -0.1) is 11.3 Å². The predicted octanol–water partition coefficient (Wildman–Crippen LogP) is 2.97. The molecular formula is C21H24N4O2S. The molecule has 4 rings (SSSR count). The van der Waals surface area contributed by atoms with Crippen LogP contribution in [0.25, 0.3) is 16.3 Å². The number of ether oxygens (including phenoxy) is 1. The van der Waals surface area contributed by atoms with E-state index in [9.17, 15) is 4.79 Å². The Labute approximate surface area is 168 Å². The second-order valence-corrected chi connectivity index (χ2v) is 7.80. The molecule has 6 nitrogen and oxygen atoms in total. The van der Waals surface area contributed by atoms with Gasteiger partial charge in [-0.2, -0.15) is 5.10 Å². The molecule has 0 spiro atoms. The van der Waals surface area contributed by atoms with Crippen LogP contribution < -0.4 is 5.32 Å². The van der Waals surface area contributed by atoms with E-state index in [1.165, 1.54) is 0 Å². The maximum absolute atomic E-state index is 12.9. The Morgan fingerprint density at radius 1 is 1.21 bits per heavy atom. The van der Waals surface area contributed by atoms with Crippen molar-refractivity contribution in [2.45, 2.75) is 6.92 Å². The maximum Gasteiger partial charge on any atom is 0.270 e. The van der Waals surface area contributed by atoms with E-state index in [1.807, 2.05) is 54.8 Å². The highest BCUT2D eigenvalue weighted by atomic mass is 32.1. The molecule has 1 N–H and O–H groups in total. The monoisotopic (exact) mass is 396 g/mol. The van der Waals surface area contributed by atoms with Crippen LogP contribution in [0.1, 0.15) is 16.1 Å². The summed E-state index contributed by atoms with van der Waals surface area (Å²) in [7, 11) is 0. The van der Waals surface area contributed by atoms with Gasteiger partial charge in [0.15, 0.2) is 0 Å². The van der Waals surface area contributed by atoms with Gasteiger partial charge in [0.25, 0.3) is 5.91 Å². The molecular weight excluding hydrogens is 372 g/mol. The molecule has 0 aliphatic carbocycles. The Morgan fingerprint density at radius 2 is 2.07 bits per heavy atom. The normalized spacial score (nSPS) is 14.9. The molecule has 3 aromatic rings. The zero-order valence-electron chi connectivity index (χ0n) is 15.9. The van der Waals surface area contributed by atoms with Crippen LogP contribution in [0.15, 0.2) is 47.8 Å². The van der Waals surface area contributed by atoms with Gasteiger partial charge in [0.1, 0.15) is 11.4 Å². The van der Waals surface area contributed by atoms with Crippen molar-refractivity contribution in [3.8, 4) is 16.3 Å². The van der Waals surface area contributed by atoms with Crippen LogP contribution in [0.2, 0.25) is 0 Å². The lowest BCUT2D eigenvalue weighted by Gasteiger charge is -2.26. The van der Waals surface area contributed by atoms with E-state index in [4.69, 9.17) is 9.84 Å². The van der Waals surface area contributed by atoms with E-state index >= 15 is 0 Å². The molecule has 0 bridgehead atoms. The first-order chi connectivity index (χ1) is 13.7. The fourth-order valence-electron chi connectivity index (χ4n) is 3.29. The summed E-state index contributed by atoms with van der Waals surface area (Å²) in [5.74, 6) is -0.106. The third kappa shape index (κ3) is 4.32. The van der Waals surface area contributed by atoms with Crippen LogP contribution in [-0.2, 0) is 4.74 Å². The number of nitrogens with one attached hydrogen (secondary N) is 1. The number of carbonyl (C=O) groups is 1. The lowest BCUT2D eigenvalue weighted by molar-refractivity contribution is 0.0383. The van der Waals surface area contributed by atoms with Crippen molar-refractivity contribution in [1.29, 1.82) is 0 Å². The van der Waals surface area contributed by atoms with Crippen LogP contribution in [0, 0.1) is 6.92 Å². The second-order valence-electron chi connectivity index (χ2n) is 6.85. The van der Waals surface area contributed by atoms with Gasteiger partial charge < -0.3 is 10.1 Å². The fraction of sp³-hybridized carbons (Fsp3) is 0.333. The smallest absolute Gasteiger partial charge is 0.270 e. The van der Waals surface area contributed by atoms with Crippen molar-refractivity contribution in [1.82, 2.24) is 20.0 Å². The van der Waals surface area contributed by atoms with E-state index in [0.29, 0.717) is 12.2 Å². The number of carbonyl (C=O) groups excluding carboxylic acids is 1. The average molecular weight is 397 g/mol. The van der Waals surface area contributed by atoms with E-state index < -0.39 is 0 Å². The van der Waals surface area contributed by atoms with Gasteiger partial charge in [-0.05, 0) is 42.1 Å². The van der Waals surface area contributed by atoms with E-state index in [2.05, 4.69) is 10.2 Å². The average Bonchev–Trinajstić information content (AvgIpc) is 3.38. The lowest BCUT2D eigenvalue weighted by Crippen LogP contribution is -2.41. The van der Waals surface area contributed by atoms with Gasteiger partial charge in [0.2, 0.25) is 0 Å². The number of rotatable bonds is 6. The highest BCUT2D eigenvalue weighted by Gasteiger charge is 2.18. The Morgan fingerprint density at radius 3 is 2.82 bits per heavy atom. The summed E-state index contributed by atoms with van der Waals surface area (Å²) in [6.07, 6.45) is 0. The Hall–Kier alpha value is -2.48. The first-order valence-corrected chi connectivity index (χ1v) is 10.4. The highest BCUT2D eigenvalue weighted by molar-refractivity contribution is 7.13. The molecule has 1 aliphatic heterocycles. The fourth-order valence-corrected chi connectivity index (χ4v) is 3.97. The second kappa shape index (κ2) is 8.68. The molecule has 0 radical (unpaired) electrons. The molecule has 1 fully saturated rings. The Bertz CT molecular complexity index is 930. The standard InChI is InChI=1S/C21H24N4O2S/c1-16-4-2-5-17(14-16)25-19(15-18(23-25)20-6-3-13-28-20)21(26)22-7-8-24-9-11-27-12-10-24/h2-6,13-15H,7-12H2,1H3,(H,22,26). The van der Waals surface area contributed by atoms with Gasteiger partial charge in [0.05, 0.1) is 23.8 Å². The summed E-state index contributed by atoms with van der Waals surface area (Å²) in [5.41, 5.74) is 3.39. The third-order valence-corrected chi connectivity index (χ3v) is 5.67. The number of hydrogen-bond acceptors (Lipinski definition) is 5. The quantitative estimate of drug-likeness (QED) is 0.696. The topological polar surface area (TPSA) is 59.4 Å². The van der Waals surface area contributed by atoms with Crippen LogP contribution in [-0.4, -0.2) is 60.0 Å². The lowest BCUT2D eigenvalue weighted by atomic mass is 10.2. The van der Waals surface area contributed by atoms with Gasteiger partial charge in [-0.3, -0.25) is 9.69 Å². The maximum atomic E-state index is 12.9. The number of benzene rings is 1. The number of aromatic nitrogens is 2. The van der Waals surface area contributed by atoms with Gasteiger partial charge in [-0.1, -0.05) is 18.2 Å². The largest absolute Gasteiger partial charge is 0.379 e. The van der Waals surface area contributed by atoms with E-state index in [1.54, 1.807) is 16.0 Å². The van der Waals surface area contributed by atoms with Crippen molar-refractivity contribution in [2.75, 3.05) is 39.4 Å². The third-order valence-electron chi connectivity index (χ3n) is 4.78. The zero-order valence-corrected chi connectivity index (χ0v) is 16.7. The van der Waals surface area contributed by atoms with Crippen molar-refractivity contribution in [3.05, 3.63) is 59.1 Å². The first kappa shape index (κ1) is 18.9. The van der Waals surface area contributed by atoms with Crippen molar-refractivity contribution >= 4 is 17.2 Å². The minimum atomic E-state index is -0.106. The molecule has 7 heteroatoms. The van der Waals surface area contributed by atoms with E-state index in [-0.39, 0.29) is 5.91 Å². The van der Waals surface area contributed by atoms with Gasteiger partial charge in [0, 0.05) is 26.2 Å². The zero-order chi connectivity index (χ0) is 19.3. The number of thiophene rings is 1. The minimum absolute atomic E-state index is 0.106. The summed E-state index contributed by atoms with van der Waals surface area (Å²) in [4.78, 5) is 16.3. The molecule has 0 saturated carbocycles. The molecule has 2 aromatic heterocycles. The number of nitrogens with zero attached hydrogens (tertiary/aromatic N) is 3. The molecule has 1 aliphatic rings. The van der Waals surface area contributed by atoms with Crippen LogP contribution in [0.3, 0.4) is 0 Å². The molecule has 28 heavy (non-hydrogen) atoms. The number of amides is 1. The molecule has 0 unspecified atom stereocenters. The van der Waals surface area contributed by atoms with Gasteiger partial charge >= 0.3 is 0 Å². The number of hydrogen-bond donors (Lipinski definition) is 1.